The average molecular weight is 332 g/mol. The van der Waals surface area contributed by atoms with Crippen molar-refractivity contribution in [3.05, 3.63) is 70.7 Å². The van der Waals surface area contributed by atoms with Gasteiger partial charge in [-0.25, -0.2) is 0 Å². The highest BCUT2D eigenvalue weighted by Crippen LogP contribution is 2.12. The van der Waals surface area contributed by atoms with Crippen LogP contribution in [-0.2, 0) is 22.4 Å². The Morgan fingerprint density at radius 1 is 1.00 bits per heavy atom. The van der Waals surface area contributed by atoms with Gasteiger partial charge < -0.3 is 10.4 Å². The van der Waals surface area contributed by atoms with E-state index in [0.717, 1.165) is 11.1 Å². The van der Waals surface area contributed by atoms with Gasteiger partial charge in [-0.3, -0.25) is 9.59 Å². The van der Waals surface area contributed by atoms with Gasteiger partial charge in [0.15, 0.2) is 0 Å². The summed E-state index contributed by atoms with van der Waals surface area (Å²) < 4.78 is 0. The van der Waals surface area contributed by atoms with Crippen molar-refractivity contribution in [2.45, 2.75) is 25.3 Å². The number of carbonyl (C=O) groups is 2. The SMILES string of the molecule is O=C(O)CC(Cc1ccc(Cl)cc1)NC(=O)Cc1ccccc1. The summed E-state index contributed by atoms with van der Waals surface area (Å²) in [7, 11) is 0. The van der Waals surface area contributed by atoms with Gasteiger partial charge in [0, 0.05) is 11.1 Å². The molecule has 2 aromatic rings. The first-order chi connectivity index (χ1) is 11.0. The van der Waals surface area contributed by atoms with Gasteiger partial charge in [-0.2, -0.15) is 0 Å². The first kappa shape index (κ1) is 17.0. The third-order valence-electron chi connectivity index (χ3n) is 3.39. The van der Waals surface area contributed by atoms with Crippen LogP contribution in [0.3, 0.4) is 0 Å². The number of nitrogens with one attached hydrogen (secondary N) is 1. The van der Waals surface area contributed by atoms with Gasteiger partial charge in [-0.1, -0.05) is 54.1 Å². The van der Waals surface area contributed by atoms with Crippen LogP contribution in [0.2, 0.25) is 5.02 Å². The summed E-state index contributed by atoms with van der Waals surface area (Å²) in [6.07, 6.45) is 0.560. The van der Waals surface area contributed by atoms with Gasteiger partial charge in [0.05, 0.1) is 12.8 Å². The van der Waals surface area contributed by atoms with Gasteiger partial charge in [0.2, 0.25) is 5.91 Å². The van der Waals surface area contributed by atoms with Crippen molar-refractivity contribution in [3.8, 4) is 0 Å². The lowest BCUT2D eigenvalue weighted by molar-refractivity contribution is -0.137. The number of carbonyl (C=O) groups excluding carboxylic acids is 1. The maximum Gasteiger partial charge on any atom is 0.305 e. The van der Waals surface area contributed by atoms with Gasteiger partial charge in [0.1, 0.15) is 0 Å². The molecule has 0 aliphatic carbocycles. The molecule has 0 bridgehead atoms. The molecule has 1 unspecified atom stereocenters. The van der Waals surface area contributed by atoms with Crippen LogP contribution in [0.5, 0.6) is 0 Å². The molecule has 0 fully saturated rings. The minimum atomic E-state index is -0.941. The van der Waals surface area contributed by atoms with Crippen LogP contribution in [0.1, 0.15) is 17.5 Å². The van der Waals surface area contributed by atoms with Crippen LogP contribution >= 0.6 is 11.6 Å². The molecule has 23 heavy (non-hydrogen) atoms. The first-order valence-electron chi connectivity index (χ1n) is 7.32. The zero-order valence-electron chi connectivity index (χ0n) is 12.5. The Kier molecular flexibility index (Phi) is 6.18. The fraction of sp³-hybridized carbons (Fsp3) is 0.222. The zero-order valence-corrected chi connectivity index (χ0v) is 13.3. The van der Waals surface area contributed by atoms with Crippen LogP contribution in [0.4, 0.5) is 0 Å². The Morgan fingerprint density at radius 3 is 2.26 bits per heavy atom. The molecule has 0 aliphatic heterocycles. The van der Waals surface area contributed by atoms with E-state index >= 15 is 0 Å². The molecule has 4 nitrogen and oxygen atoms in total. The molecule has 1 atom stereocenters. The monoisotopic (exact) mass is 331 g/mol. The molecule has 0 heterocycles. The minimum absolute atomic E-state index is 0.122. The van der Waals surface area contributed by atoms with Crippen molar-refractivity contribution in [2.24, 2.45) is 0 Å². The Labute approximate surface area is 140 Å². The van der Waals surface area contributed by atoms with E-state index < -0.39 is 12.0 Å². The Bertz CT molecular complexity index is 656. The number of hydrogen-bond acceptors (Lipinski definition) is 2. The van der Waals surface area contributed by atoms with Gasteiger partial charge in [-0.15, -0.1) is 0 Å². The van der Waals surface area contributed by atoms with E-state index in [-0.39, 0.29) is 18.7 Å². The third-order valence-corrected chi connectivity index (χ3v) is 3.64. The maximum absolute atomic E-state index is 12.1. The van der Waals surface area contributed by atoms with Crippen molar-refractivity contribution < 1.29 is 14.7 Å². The summed E-state index contributed by atoms with van der Waals surface area (Å²) in [6, 6.07) is 16.1. The van der Waals surface area contributed by atoms with Gasteiger partial charge in [0.25, 0.3) is 0 Å². The number of benzene rings is 2. The first-order valence-corrected chi connectivity index (χ1v) is 7.70. The van der Waals surface area contributed by atoms with Crippen LogP contribution in [0, 0.1) is 0 Å². The lowest BCUT2D eigenvalue weighted by Crippen LogP contribution is -2.38. The molecule has 2 aromatic carbocycles. The van der Waals surface area contributed by atoms with E-state index in [2.05, 4.69) is 5.32 Å². The summed E-state index contributed by atoms with van der Waals surface area (Å²) in [5.74, 6) is -1.12. The Balaban J connectivity index is 1.98. The van der Waals surface area contributed by atoms with Crippen molar-refractivity contribution in [3.63, 3.8) is 0 Å². The molecule has 1 amide bonds. The van der Waals surface area contributed by atoms with Gasteiger partial charge >= 0.3 is 5.97 Å². The number of rotatable bonds is 7. The van der Waals surface area contributed by atoms with Crippen LogP contribution in [-0.4, -0.2) is 23.0 Å². The number of amides is 1. The highest BCUT2D eigenvalue weighted by molar-refractivity contribution is 6.30. The Hall–Kier alpha value is -2.33. The predicted molar refractivity (Wildman–Crippen MR) is 89.5 cm³/mol. The molecule has 0 aromatic heterocycles. The van der Waals surface area contributed by atoms with Gasteiger partial charge in [-0.05, 0) is 29.7 Å². The second-order valence-electron chi connectivity index (χ2n) is 5.36. The number of hydrogen-bond donors (Lipinski definition) is 2. The third kappa shape index (κ3) is 6.12. The van der Waals surface area contributed by atoms with E-state index in [1.165, 1.54) is 0 Å². The summed E-state index contributed by atoms with van der Waals surface area (Å²) >= 11 is 5.84. The minimum Gasteiger partial charge on any atom is -0.481 e. The number of aliphatic carboxylic acids is 1. The number of carboxylic acid groups (broad SMARTS) is 1. The highest BCUT2D eigenvalue weighted by Gasteiger charge is 2.17. The largest absolute Gasteiger partial charge is 0.481 e. The average Bonchev–Trinajstić information content (AvgIpc) is 2.50. The molecular weight excluding hydrogens is 314 g/mol. The lowest BCUT2D eigenvalue weighted by Gasteiger charge is -2.17. The Morgan fingerprint density at radius 2 is 1.65 bits per heavy atom. The van der Waals surface area contributed by atoms with E-state index in [0.29, 0.717) is 11.4 Å². The fourth-order valence-corrected chi connectivity index (χ4v) is 2.48. The van der Waals surface area contributed by atoms with E-state index in [1.54, 1.807) is 12.1 Å². The summed E-state index contributed by atoms with van der Waals surface area (Å²) in [4.78, 5) is 23.1. The molecule has 0 aliphatic rings. The predicted octanol–water partition coefficient (Wildman–Crippen LogP) is 3.08. The molecule has 2 rings (SSSR count). The zero-order chi connectivity index (χ0) is 16.7. The van der Waals surface area contributed by atoms with Crippen molar-refractivity contribution >= 4 is 23.5 Å². The molecule has 0 spiro atoms. The summed E-state index contributed by atoms with van der Waals surface area (Å²) in [6.45, 7) is 0. The van der Waals surface area contributed by atoms with Crippen LogP contribution in [0.15, 0.2) is 54.6 Å². The number of halogens is 1. The highest BCUT2D eigenvalue weighted by atomic mass is 35.5. The van der Waals surface area contributed by atoms with Crippen LogP contribution < -0.4 is 5.32 Å². The van der Waals surface area contributed by atoms with E-state index in [1.807, 2.05) is 42.5 Å². The molecule has 0 saturated carbocycles. The molecule has 0 radical (unpaired) electrons. The lowest BCUT2D eigenvalue weighted by atomic mass is 10.0. The quantitative estimate of drug-likeness (QED) is 0.819. The molecular formula is C18H18ClNO3. The van der Waals surface area contributed by atoms with Crippen molar-refractivity contribution in [1.82, 2.24) is 5.32 Å². The van der Waals surface area contributed by atoms with Crippen LogP contribution in [0.25, 0.3) is 0 Å². The summed E-state index contributed by atoms with van der Waals surface area (Å²) in [5, 5.41) is 12.5. The summed E-state index contributed by atoms with van der Waals surface area (Å²) in [5.41, 5.74) is 1.83. The van der Waals surface area contributed by atoms with E-state index in [4.69, 9.17) is 16.7 Å². The second-order valence-corrected chi connectivity index (χ2v) is 5.79. The normalized spacial score (nSPS) is 11.7. The maximum atomic E-state index is 12.1. The fourth-order valence-electron chi connectivity index (χ4n) is 2.35. The second kappa shape index (κ2) is 8.34. The number of carboxylic acids is 1. The molecule has 120 valence electrons. The van der Waals surface area contributed by atoms with E-state index in [9.17, 15) is 9.59 Å². The van der Waals surface area contributed by atoms with Crippen molar-refractivity contribution in [2.75, 3.05) is 0 Å². The molecule has 0 saturated heterocycles. The smallest absolute Gasteiger partial charge is 0.305 e. The standard InChI is InChI=1S/C18H18ClNO3/c19-15-8-6-14(7-9-15)10-16(12-18(22)23)20-17(21)11-13-4-2-1-3-5-13/h1-9,16H,10-12H2,(H,20,21)(H,22,23). The molecule has 5 heteroatoms. The van der Waals surface area contributed by atoms with Crippen molar-refractivity contribution in [1.29, 1.82) is 0 Å². The topological polar surface area (TPSA) is 66.4 Å². The molecule has 2 N–H and O–H groups in total.